The van der Waals surface area contributed by atoms with Crippen molar-refractivity contribution in [2.75, 3.05) is 13.7 Å². The van der Waals surface area contributed by atoms with Crippen LogP contribution in [0.3, 0.4) is 0 Å². The first-order valence-electron chi connectivity index (χ1n) is 5.52. The molecule has 2 saturated heterocycles. The van der Waals surface area contributed by atoms with Crippen molar-refractivity contribution in [2.24, 2.45) is 17.8 Å². The molecule has 3 heterocycles. The van der Waals surface area contributed by atoms with Gasteiger partial charge in [-0.1, -0.05) is 0 Å². The van der Waals surface area contributed by atoms with Crippen LogP contribution in [0.5, 0.6) is 0 Å². The number of fused-ring (bicyclic) bond motifs is 3. The van der Waals surface area contributed by atoms with Crippen LogP contribution >= 0.6 is 0 Å². The van der Waals surface area contributed by atoms with Crippen LogP contribution in [0, 0.1) is 17.8 Å². The molecule has 0 aromatic rings. The number of rotatable bonds is 1. The van der Waals surface area contributed by atoms with Gasteiger partial charge in [-0.25, -0.2) is 4.79 Å². The van der Waals surface area contributed by atoms with E-state index in [0.717, 1.165) is 0 Å². The molecule has 4 aliphatic rings. The summed E-state index contributed by atoms with van der Waals surface area (Å²) in [4.78, 5) is 11.6. The number of hydrogen-bond donors (Lipinski definition) is 0. The van der Waals surface area contributed by atoms with Crippen LogP contribution in [0.15, 0.2) is 11.8 Å². The van der Waals surface area contributed by atoms with Gasteiger partial charge in [0.1, 0.15) is 0 Å². The van der Waals surface area contributed by atoms with Crippen molar-refractivity contribution in [2.45, 2.75) is 18.5 Å². The summed E-state index contributed by atoms with van der Waals surface area (Å²) in [6.07, 6.45) is 1.73. The zero-order valence-electron chi connectivity index (χ0n) is 8.79. The van der Waals surface area contributed by atoms with Gasteiger partial charge in [0.2, 0.25) is 6.29 Å². The van der Waals surface area contributed by atoms with Gasteiger partial charge in [-0.2, -0.15) is 0 Å². The highest BCUT2D eigenvalue weighted by Crippen LogP contribution is 2.59. The summed E-state index contributed by atoms with van der Waals surface area (Å²) in [7, 11) is 1.39. The molecule has 1 aliphatic carbocycles. The molecule has 0 unspecified atom stereocenters. The minimum Gasteiger partial charge on any atom is -0.472 e. The smallest absolute Gasteiger partial charge is 0.337 e. The highest BCUT2D eigenvalue weighted by Gasteiger charge is 2.69. The molecule has 0 aromatic carbocycles. The molecule has 5 nitrogen and oxygen atoms in total. The predicted octanol–water partition coefficient (Wildman–Crippen LogP) is 0.0594. The number of esters is 1. The molecule has 0 bridgehead atoms. The normalized spacial score (nSPS) is 51.2. The summed E-state index contributed by atoms with van der Waals surface area (Å²) < 4.78 is 21.4. The maximum absolute atomic E-state index is 11.6. The van der Waals surface area contributed by atoms with Gasteiger partial charge in [0.05, 0.1) is 37.8 Å². The van der Waals surface area contributed by atoms with Crippen molar-refractivity contribution in [3.8, 4) is 0 Å². The summed E-state index contributed by atoms with van der Waals surface area (Å²) in [6.45, 7) is 0.676. The molecular weight excluding hydrogens is 212 g/mol. The lowest BCUT2D eigenvalue weighted by molar-refractivity contribution is -0.142. The van der Waals surface area contributed by atoms with Gasteiger partial charge in [-0.3, -0.25) is 0 Å². The lowest BCUT2D eigenvalue weighted by atomic mass is 9.83. The van der Waals surface area contributed by atoms with Gasteiger partial charge in [0.15, 0.2) is 0 Å². The Hall–Kier alpha value is -1.07. The van der Waals surface area contributed by atoms with Crippen LogP contribution in [0.4, 0.5) is 0 Å². The van der Waals surface area contributed by atoms with Crippen LogP contribution in [-0.2, 0) is 23.7 Å². The quantitative estimate of drug-likeness (QED) is 0.465. The van der Waals surface area contributed by atoms with Gasteiger partial charge in [0, 0.05) is 17.8 Å². The van der Waals surface area contributed by atoms with Crippen molar-refractivity contribution < 1.29 is 23.7 Å². The van der Waals surface area contributed by atoms with E-state index in [-0.39, 0.29) is 36.3 Å². The number of carbonyl (C=O) groups excluding carboxylic acids is 1. The Morgan fingerprint density at radius 2 is 2.38 bits per heavy atom. The second-order valence-electron chi connectivity index (χ2n) is 4.73. The zero-order chi connectivity index (χ0) is 10.9. The fourth-order valence-corrected chi connectivity index (χ4v) is 3.40. The molecule has 0 N–H and O–H groups in total. The van der Waals surface area contributed by atoms with Crippen molar-refractivity contribution in [1.82, 2.24) is 0 Å². The lowest BCUT2D eigenvalue weighted by Gasteiger charge is -2.30. The number of methoxy groups -OCH3 is 1. The summed E-state index contributed by atoms with van der Waals surface area (Å²) in [5, 5.41) is 0. The molecule has 3 aliphatic heterocycles. The van der Waals surface area contributed by atoms with Crippen LogP contribution in [-0.4, -0.2) is 38.2 Å². The molecule has 1 saturated carbocycles. The second-order valence-corrected chi connectivity index (χ2v) is 4.73. The number of hydrogen-bond acceptors (Lipinski definition) is 5. The Morgan fingerprint density at radius 1 is 1.50 bits per heavy atom. The summed E-state index contributed by atoms with van der Waals surface area (Å²) in [6, 6.07) is 0. The SMILES string of the molecule is COC(=O)C1=CO[C@H]2OC[C@H]3[C@@H]4O[C@@H]4[C@@H]1[C@@H]23. The molecular formula is C11H12O5. The first-order chi connectivity index (χ1) is 7.81. The van der Waals surface area contributed by atoms with Gasteiger partial charge in [-0.05, 0) is 0 Å². The molecule has 86 valence electrons. The fraction of sp³-hybridized carbons (Fsp3) is 0.727. The van der Waals surface area contributed by atoms with Crippen LogP contribution < -0.4 is 0 Å². The van der Waals surface area contributed by atoms with E-state index in [1.165, 1.54) is 13.4 Å². The van der Waals surface area contributed by atoms with Gasteiger partial charge in [-0.15, -0.1) is 0 Å². The van der Waals surface area contributed by atoms with Crippen LogP contribution in [0.2, 0.25) is 0 Å². The first-order valence-corrected chi connectivity index (χ1v) is 5.52. The van der Waals surface area contributed by atoms with Gasteiger partial charge in [0.25, 0.3) is 0 Å². The molecule has 6 atom stereocenters. The fourth-order valence-electron chi connectivity index (χ4n) is 3.40. The van der Waals surface area contributed by atoms with E-state index in [2.05, 4.69) is 0 Å². The minimum absolute atomic E-state index is 0.101. The third-order valence-electron chi connectivity index (χ3n) is 4.12. The average Bonchev–Trinajstić information content (AvgIpc) is 2.88. The molecule has 3 fully saturated rings. The molecule has 5 heteroatoms. The van der Waals surface area contributed by atoms with Crippen LogP contribution in [0.25, 0.3) is 0 Å². The largest absolute Gasteiger partial charge is 0.472 e. The predicted molar refractivity (Wildman–Crippen MR) is 50.1 cm³/mol. The van der Waals surface area contributed by atoms with Crippen molar-refractivity contribution in [1.29, 1.82) is 0 Å². The van der Waals surface area contributed by atoms with Crippen molar-refractivity contribution in [3.05, 3.63) is 11.8 Å². The van der Waals surface area contributed by atoms with E-state index in [0.29, 0.717) is 18.1 Å². The molecule has 0 aromatic heterocycles. The van der Waals surface area contributed by atoms with E-state index in [1.807, 2.05) is 0 Å². The Labute approximate surface area is 92.3 Å². The minimum atomic E-state index is -0.315. The summed E-state index contributed by atoms with van der Waals surface area (Å²) in [5.41, 5.74) is 0.601. The zero-order valence-corrected chi connectivity index (χ0v) is 8.79. The number of ether oxygens (including phenoxy) is 4. The molecule has 0 amide bonds. The van der Waals surface area contributed by atoms with Gasteiger partial charge < -0.3 is 18.9 Å². The summed E-state index contributed by atoms with van der Waals surface area (Å²) in [5.74, 6) is 0.435. The third-order valence-corrected chi connectivity index (χ3v) is 4.12. The number of carbonyl (C=O) groups is 1. The molecule has 0 spiro atoms. The Bertz CT molecular complexity index is 390. The second kappa shape index (κ2) is 2.78. The van der Waals surface area contributed by atoms with Crippen molar-refractivity contribution in [3.63, 3.8) is 0 Å². The molecule has 4 rings (SSSR count). The maximum atomic E-state index is 11.6. The van der Waals surface area contributed by atoms with E-state index >= 15 is 0 Å². The van der Waals surface area contributed by atoms with Crippen LogP contribution in [0.1, 0.15) is 0 Å². The Balaban J connectivity index is 1.74. The standard InChI is InChI=1S/C11H12O5/c1-13-10(12)5-3-15-11-7-4(2-14-11)8-9(16-8)6(5)7/h3-4,6-9,11H,2H2,1H3/t4-,6+,7+,8+,9-,11-/m1/s1. The van der Waals surface area contributed by atoms with E-state index in [9.17, 15) is 4.79 Å². The molecule has 16 heavy (non-hydrogen) atoms. The summed E-state index contributed by atoms with van der Waals surface area (Å²) >= 11 is 0. The number of epoxide rings is 1. The van der Waals surface area contributed by atoms with E-state index in [1.54, 1.807) is 0 Å². The van der Waals surface area contributed by atoms with E-state index < -0.39 is 0 Å². The van der Waals surface area contributed by atoms with Crippen molar-refractivity contribution >= 4 is 5.97 Å². The Morgan fingerprint density at radius 3 is 3.19 bits per heavy atom. The highest BCUT2D eigenvalue weighted by molar-refractivity contribution is 5.89. The van der Waals surface area contributed by atoms with Gasteiger partial charge >= 0.3 is 5.97 Å². The molecule has 0 radical (unpaired) electrons. The highest BCUT2D eigenvalue weighted by atomic mass is 16.7. The lowest BCUT2D eigenvalue weighted by Crippen LogP contribution is -2.36. The third kappa shape index (κ3) is 0.912. The maximum Gasteiger partial charge on any atom is 0.337 e. The monoisotopic (exact) mass is 224 g/mol. The average molecular weight is 224 g/mol. The topological polar surface area (TPSA) is 57.3 Å². The Kier molecular flexibility index (Phi) is 1.57. The first kappa shape index (κ1) is 9.01. The van der Waals surface area contributed by atoms with E-state index in [4.69, 9.17) is 18.9 Å².